The summed E-state index contributed by atoms with van der Waals surface area (Å²) in [6, 6.07) is 0. The van der Waals surface area contributed by atoms with E-state index >= 15 is 0 Å². The van der Waals surface area contributed by atoms with Crippen LogP contribution in [-0.2, 0) is 0 Å². The van der Waals surface area contributed by atoms with E-state index < -0.39 is 0 Å². The Labute approximate surface area is 99.8 Å². The minimum absolute atomic E-state index is 0.0938. The second kappa shape index (κ2) is 5.29. The zero-order valence-corrected chi connectivity index (χ0v) is 9.93. The van der Waals surface area contributed by atoms with E-state index in [1.165, 1.54) is 6.39 Å². The molecule has 1 saturated heterocycles. The van der Waals surface area contributed by atoms with Crippen molar-refractivity contribution in [2.45, 2.75) is 6.92 Å². The van der Waals surface area contributed by atoms with Crippen LogP contribution in [0.4, 0.5) is 0 Å². The van der Waals surface area contributed by atoms with Crippen molar-refractivity contribution in [2.75, 3.05) is 39.3 Å². The predicted molar refractivity (Wildman–Crippen MR) is 60.7 cm³/mol. The molecule has 2 rings (SSSR count). The van der Waals surface area contributed by atoms with Crippen LogP contribution in [0.2, 0.25) is 0 Å². The summed E-state index contributed by atoms with van der Waals surface area (Å²) in [5.74, 6) is 0.240. The summed E-state index contributed by atoms with van der Waals surface area (Å²) >= 11 is 0. The number of aliphatic hydroxyl groups excluding tert-OH is 1. The number of aliphatic hydroxyl groups is 1. The molecule has 6 nitrogen and oxygen atoms in total. The maximum Gasteiger partial charge on any atom is 0.291 e. The first-order chi connectivity index (χ1) is 8.22. The SMILES string of the molecule is Cc1ncoc1C(=O)N1CCN(CCO)CC1. The smallest absolute Gasteiger partial charge is 0.291 e. The second-order valence-electron chi connectivity index (χ2n) is 4.12. The molecule has 0 saturated carbocycles. The molecule has 6 heteroatoms. The number of β-amino-alcohol motifs (C(OH)–C–C–N with tert-alkyl or cyclic N) is 1. The van der Waals surface area contributed by atoms with E-state index in [0.29, 0.717) is 31.1 Å². The first kappa shape index (κ1) is 12.1. The summed E-state index contributed by atoms with van der Waals surface area (Å²) in [7, 11) is 0. The number of rotatable bonds is 3. The summed E-state index contributed by atoms with van der Waals surface area (Å²) < 4.78 is 5.10. The third-order valence-corrected chi connectivity index (χ3v) is 3.02. The minimum atomic E-state index is -0.0938. The first-order valence-corrected chi connectivity index (χ1v) is 5.75. The third kappa shape index (κ3) is 2.65. The number of aromatic nitrogens is 1. The molecule has 17 heavy (non-hydrogen) atoms. The van der Waals surface area contributed by atoms with Crippen molar-refractivity contribution in [3.05, 3.63) is 17.8 Å². The largest absolute Gasteiger partial charge is 0.438 e. The summed E-state index contributed by atoms with van der Waals surface area (Å²) in [6.07, 6.45) is 1.30. The highest BCUT2D eigenvalue weighted by Crippen LogP contribution is 2.11. The molecular weight excluding hydrogens is 222 g/mol. The molecule has 0 spiro atoms. The van der Waals surface area contributed by atoms with Crippen LogP contribution in [0.15, 0.2) is 10.8 Å². The molecule has 0 radical (unpaired) electrons. The number of oxazole rings is 1. The van der Waals surface area contributed by atoms with E-state index in [-0.39, 0.29) is 12.5 Å². The number of hydrogen-bond acceptors (Lipinski definition) is 5. The predicted octanol–water partition coefficient (Wildman–Crippen LogP) is -0.267. The molecule has 94 valence electrons. The zero-order valence-electron chi connectivity index (χ0n) is 9.93. The number of nitrogens with zero attached hydrogens (tertiary/aromatic N) is 3. The topological polar surface area (TPSA) is 69.8 Å². The van der Waals surface area contributed by atoms with Crippen LogP contribution in [0.3, 0.4) is 0 Å². The van der Waals surface area contributed by atoms with Crippen molar-refractivity contribution < 1.29 is 14.3 Å². The lowest BCUT2D eigenvalue weighted by Gasteiger charge is -2.33. The van der Waals surface area contributed by atoms with Gasteiger partial charge in [-0.1, -0.05) is 0 Å². The van der Waals surface area contributed by atoms with Crippen molar-refractivity contribution >= 4 is 5.91 Å². The van der Waals surface area contributed by atoms with Crippen LogP contribution < -0.4 is 0 Å². The minimum Gasteiger partial charge on any atom is -0.438 e. The van der Waals surface area contributed by atoms with Crippen LogP contribution in [0, 0.1) is 6.92 Å². The van der Waals surface area contributed by atoms with E-state index in [1.54, 1.807) is 11.8 Å². The van der Waals surface area contributed by atoms with Crippen molar-refractivity contribution in [3.8, 4) is 0 Å². The molecule has 1 N–H and O–H groups in total. The van der Waals surface area contributed by atoms with E-state index in [2.05, 4.69) is 9.88 Å². The Morgan fingerprint density at radius 3 is 2.71 bits per heavy atom. The fourth-order valence-electron chi connectivity index (χ4n) is 1.97. The van der Waals surface area contributed by atoms with Gasteiger partial charge in [0, 0.05) is 32.7 Å². The summed E-state index contributed by atoms with van der Waals surface area (Å²) in [6.45, 7) is 5.51. The zero-order chi connectivity index (χ0) is 12.3. The van der Waals surface area contributed by atoms with Gasteiger partial charge in [-0.05, 0) is 6.92 Å². The van der Waals surface area contributed by atoms with Gasteiger partial charge in [0.1, 0.15) is 0 Å². The molecule has 1 amide bonds. The molecule has 0 aromatic carbocycles. The molecule has 0 aliphatic carbocycles. The number of piperazine rings is 1. The third-order valence-electron chi connectivity index (χ3n) is 3.02. The molecule has 1 aliphatic rings. The summed E-state index contributed by atoms with van der Waals surface area (Å²) in [4.78, 5) is 19.9. The van der Waals surface area contributed by atoms with Gasteiger partial charge in [0.05, 0.1) is 12.3 Å². The second-order valence-corrected chi connectivity index (χ2v) is 4.12. The number of amides is 1. The van der Waals surface area contributed by atoms with Gasteiger partial charge in [-0.2, -0.15) is 0 Å². The number of carbonyl (C=O) groups excluding carboxylic acids is 1. The highest BCUT2D eigenvalue weighted by atomic mass is 16.3. The van der Waals surface area contributed by atoms with E-state index in [1.807, 2.05) is 0 Å². The monoisotopic (exact) mass is 239 g/mol. The fraction of sp³-hybridized carbons (Fsp3) is 0.636. The first-order valence-electron chi connectivity index (χ1n) is 5.75. The molecule has 1 fully saturated rings. The van der Waals surface area contributed by atoms with Crippen LogP contribution in [-0.4, -0.2) is 65.1 Å². The van der Waals surface area contributed by atoms with Crippen molar-refractivity contribution in [3.63, 3.8) is 0 Å². The molecule has 0 unspecified atom stereocenters. The highest BCUT2D eigenvalue weighted by molar-refractivity contribution is 5.92. The standard InChI is InChI=1S/C11H17N3O3/c1-9-10(17-8-12-9)11(16)14-4-2-13(3-5-14)6-7-15/h8,15H,2-7H2,1H3. The van der Waals surface area contributed by atoms with Gasteiger partial charge in [0.2, 0.25) is 5.76 Å². The lowest BCUT2D eigenvalue weighted by atomic mass is 10.2. The van der Waals surface area contributed by atoms with Gasteiger partial charge in [-0.25, -0.2) is 4.98 Å². The van der Waals surface area contributed by atoms with E-state index in [4.69, 9.17) is 9.52 Å². The van der Waals surface area contributed by atoms with Crippen molar-refractivity contribution in [2.24, 2.45) is 0 Å². The average molecular weight is 239 g/mol. The van der Waals surface area contributed by atoms with Gasteiger partial charge >= 0.3 is 0 Å². The lowest BCUT2D eigenvalue weighted by molar-refractivity contribution is 0.0584. The molecular formula is C11H17N3O3. The fourth-order valence-corrected chi connectivity index (χ4v) is 1.97. The Morgan fingerprint density at radius 1 is 1.47 bits per heavy atom. The summed E-state index contributed by atoms with van der Waals surface area (Å²) in [5.41, 5.74) is 0.632. The Kier molecular flexibility index (Phi) is 3.75. The van der Waals surface area contributed by atoms with Crippen LogP contribution in [0.5, 0.6) is 0 Å². The number of hydrogen-bond donors (Lipinski definition) is 1. The molecule has 1 aliphatic heterocycles. The van der Waals surface area contributed by atoms with Gasteiger partial charge < -0.3 is 14.4 Å². The quantitative estimate of drug-likeness (QED) is 0.786. The van der Waals surface area contributed by atoms with Crippen molar-refractivity contribution in [1.29, 1.82) is 0 Å². The van der Waals surface area contributed by atoms with E-state index in [0.717, 1.165) is 13.1 Å². The molecule has 0 bridgehead atoms. The van der Waals surface area contributed by atoms with Gasteiger partial charge in [-0.3, -0.25) is 9.69 Å². The summed E-state index contributed by atoms with van der Waals surface area (Å²) in [5, 5.41) is 8.83. The van der Waals surface area contributed by atoms with Crippen LogP contribution in [0.25, 0.3) is 0 Å². The molecule has 2 heterocycles. The maximum atomic E-state index is 12.1. The number of carbonyl (C=O) groups is 1. The average Bonchev–Trinajstić information content (AvgIpc) is 2.76. The van der Waals surface area contributed by atoms with Crippen molar-refractivity contribution in [1.82, 2.24) is 14.8 Å². The van der Waals surface area contributed by atoms with Crippen LogP contribution >= 0.6 is 0 Å². The van der Waals surface area contributed by atoms with E-state index in [9.17, 15) is 4.79 Å². The Morgan fingerprint density at radius 2 is 2.18 bits per heavy atom. The lowest BCUT2D eigenvalue weighted by Crippen LogP contribution is -2.49. The molecule has 0 atom stereocenters. The Balaban J connectivity index is 1.93. The number of aryl methyl sites for hydroxylation is 1. The van der Waals surface area contributed by atoms with Crippen LogP contribution in [0.1, 0.15) is 16.2 Å². The molecule has 1 aromatic rings. The highest BCUT2D eigenvalue weighted by Gasteiger charge is 2.25. The van der Waals surface area contributed by atoms with Gasteiger partial charge in [0.25, 0.3) is 5.91 Å². The maximum absolute atomic E-state index is 12.1. The van der Waals surface area contributed by atoms with Gasteiger partial charge in [-0.15, -0.1) is 0 Å². The Bertz CT molecular complexity index is 383. The van der Waals surface area contributed by atoms with Gasteiger partial charge in [0.15, 0.2) is 6.39 Å². The normalized spacial score (nSPS) is 17.4. The Hall–Kier alpha value is -1.40. The molecule has 1 aromatic heterocycles.